The molecule has 0 amide bonds. The highest BCUT2D eigenvalue weighted by Crippen LogP contribution is 2.29. The van der Waals surface area contributed by atoms with Gasteiger partial charge in [0.1, 0.15) is 0 Å². The van der Waals surface area contributed by atoms with Gasteiger partial charge in [0.05, 0.1) is 26.2 Å². The molecule has 0 unspecified atom stereocenters. The third kappa shape index (κ3) is 4.94. The molecule has 0 N–H and O–H groups in total. The normalized spacial score (nSPS) is 12.0. The molecule has 0 saturated carbocycles. The molecule has 0 aliphatic rings. The number of hydrogen-bond donors (Lipinski definition) is 0. The Hall–Kier alpha value is -2.31. The van der Waals surface area contributed by atoms with Crippen molar-refractivity contribution < 1.29 is 32.2 Å². The number of esters is 2. The quantitative estimate of drug-likeness (QED) is 0.634. The van der Waals surface area contributed by atoms with Crippen molar-refractivity contribution in [3.63, 3.8) is 0 Å². The topological polar surface area (TPSA) is 52.6 Å². The standard InChI is InChI=1S/C14H13F3O4/c1-20-12(18)8-10(13(19)21-2)7-9-3-5-11(6-4-9)14(15,16)17/h3-7H,8H2,1-2H3/b10-7+. The number of hydrogen-bond acceptors (Lipinski definition) is 4. The second-order valence-corrected chi connectivity index (χ2v) is 4.03. The van der Waals surface area contributed by atoms with Crippen molar-refractivity contribution in [3.8, 4) is 0 Å². The lowest BCUT2D eigenvalue weighted by atomic mass is 10.1. The van der Waals surface area contributed by atoms with Crippen molar-refractivity contribution in [1.29, 1.82) is 0 Å². The summed E-state index contributed by atoms with van der Waals surface area (Å²) in [7, 11) is 2.30. The van der Waals surface area contributed by atoms with Gasteiger partial charge in [-0.1, -0.05) is 12.1 Å². The number of alkyl halides is 3. The third-order valence-electron chi connectivity index (χ3n) is 2.59. The molecule has 0 heterocycles. The molecule has 7 heteroatoms. The van der Waals surface area contributed by atoms with E-state index in [2.05, 4.69) is 9.47 Å². The van der Waals surface area contributed by atoms with Gasteiger partial charge in [0.2, 0.25) is 0 Å². The number of rotatable bonds is 4. The van der Waals surface area contributed by atoms with Crippen LogP contribution < -0.4 is 0 Å². The number of halogens is 3. The van der Waals surface area contributed by atoms with E-state index >= 15 is 0 Å². The van der Waals surface area contributed by atoms with Crippen molar-refractivity contribution >= 4 is 18.0 Å². The van der Waals surface area contributed by atoms with Crippen LogP contribution in [0.2, 0.25) is 0 Å². The van der Waals surface area contributed by atoms with Gasteiger partial charge in [-0.25, -0.2) is 4.79 Å². The van der Waals surface area contributed by atoms with E-state index in [1.165, 1.54) is 18.2 Å². The van der Waals surface area contributed by atoms with Crippen LogP contribution in [0.25, 0.3) is 6.08 Å². The van der Waals surface area contributed by atoms with E-state index in [1.807, 2.05) is 0 Å². The highest BCUT2D eigenvalue weighted by molar-refractivity contribution is 5.98. The Morgan fingerprint density at radius 2 is 1.67 bits per heavy atom. The Bertz CT molecular complexity index is 544. The molecule has 4 nitrogen and oxygen atoms in total. The third-order valence-corrected chi connectivity index (χ3v) is 2.59. The zero-order valence-corrected chi connectivity index (χ0v) is 11.4. The molecule has 1 rings (SSSR count). The Labute approximate surface area is 119 Å². The summed E-state index contributed by atoms with van der Waals surface area (Å²) < 4.78 is 46.2. The predicted molar refractivity (Wildman–Crippen MR) is 68.1 cm³/mol. The van der Waals surface area contributed by atoms with Crippen LogP contribution in [0.1, 0.15) is 17.5 Å². The molecule has 0 saturated heterocycles. The van der Waals surface area contributed by atoms with Crippen LogP contribution in [0.4, 0.5) is 13.2 Å². The highest BCUT2D eigenvalue weighted by atomic mass is 19.4. The van der Waals surface area contributed by atoms with Gasteiger partial charge < -0.3 is 9.47 Å². The van der Waals surface area contributed by atoms with Gasteiger partial charge in [0.15, 0.2) is 0 Å². The van der Waals surface area contributed by atoms with Gasteiger partial charge in [0.25, 0.3) is 0 Å². The first-order valence-corrected chi connectivity index (χ1v) is 5.81. The van der Waals surface area contributed by atoms with Crippen LogP contribution in [0.5, 0.6) is 0 Å². The summed E-state index contributed by atoms with van der Waals surface area (Å²) >= 11 is 0. The van der Waals surface area contributed by atoms with Gasteiger partial charge >= 0.3 is 18.1 Å². The summed E-state index contributed by atoms with van der Waals surface area (Å²) in [6, 6.07) is 4.17. The average molecular weight is 302 g/mol. The molecule has 21 heavy (non-hydrogen) atoms. The monoisotopic (exact) mass is 302 g/mol. The second kappa shape index (κ2) is 6.92. The fraction of sp³-hybridized carbons (Fsp3) is 0.286. The maximum Gasteiger partial charge on any atom is 0.416 e. The number of carbonyl (C=O) groups excluding carboxylic acids is 2. The summed E-state index contributed by atoms with van der Waals surface area (Å²) in [6.07, 6.45) is -3.48. The second-order valence-electron chi connectivity index (χ2n) is 4.03. The van der Waals surface area contributed by atoms with E-state index in [4.69, 9.17) is 0 Å². The molecule has 0 radical (unpaired) electrons. The van der Waals surface area contributed by atoms with Crippen molar-refractivity contribution in [2.75, 3.05) is 14.2 Å². The fourth-order valence-corrected chi connectivity index (χ4v) is 1.51. The van der Waals surface area contributed by atoms with Gasteiger partial charge in [-0.2, -0.15) is 13.2 Å². The molecule has 0 aromatic heterocycles. The summed E-state index contributed by atoms with van der Waals surface area (Å²) in [4.78, 5) is 22.7. The van der Waals surface area contributed by atoms with Crippen LogP contribution in [-0.2, 0) is 25.2 Å². The van der Waals surface area contributed by atoms with Crippen molar-refractivity contribution in [2.24, 2.45) is 0 Å². The molecule has 1 aromatic rings. The minimum atomic E-state index is -4.43. The molecule has 0 atom stereocenters. The van der Waals surface area contributed by atoms with Crippen molar-refractivity contribution in [2.45, 2.75) is 12.6 Å². The zero-order valence-electron chi connectivity index (χ0n) is 11.4. The largest absolute Gasteiger partial charge is 0.469 e. The number of ether oxygens (including phenoxy) is 2. The molecule has 1 aromatic carbocycles. The van der Waals surface area contributed by atoms with Crippen LogP contribution in [0.15, 0.2) is 29.8 Å². The molecule has 114 valence electrons. The maximum absolute atomic E-state index is 12.4. The predicted octanol–water partition coefficient (Wildman–Crippen LogP) is 2.82. The lowest BCUT2D eigenvalue weighted by Gasteiger charge is -2.07. The van der Waals surface area contributed by atoms with Gasteiger partial charge in [-0.3, -0.25) is 4.79 Å². The SMILES string of the molecule is COC(=O)C/C(=C\c1ccc(C(F)(F)F)cc1)C(=O)OC. The van der Waals surface area contributed by atoms with Crippen LogP contribution in [-0.4, -0.2) is 26.2 Å². The summed E-state index contributed by atoms with van der Waals surface area (Å²) in [5.74, 6) is -1.40. The molecule has 0 aliphatic carbocycles. The summed E-state index contributed by atoms with van der Waals surface area (Å²) in [5, 5.41) is 0. The number of carbonyl (C=O) groups is 2. The smallest absolute Gasteiger partial charge is 0.416 e. The van der Waals surface area contributed by atoms with E-state index in [0.29, 0.717) is 5.56 Å². The molecule has 0 fully saturated rings. The lowest BCUT2D eigenvalue weighted by molar-refractivity contribution is -0.143. The van der Waals surface area contributed by atoms with Crippen molar-refractivity contribution in [3.05, 3.63) is 41.0 Å². The molecular weight excluding hydrogens is 289 g/mol. The number of benzene rings is 1. The van der Waals surface area contributed by atoms with E-state index < -0.39 is 23.7 Å². The fourth-order valence-electron chi connectivity index (χ4n) is 1.51. The first kappa shape index (κ1) is 16.7. The lowest BCUT2D eigenvalue weighted by Crippen LogP contribution is -2.11. The number of methoxy groups -OCH3 is 2. The zero-order chi connectivity index (χ0) is 16.0. The van der Waals surface area contributed by atoms with E-state index in [9.17, 15) is 22.8 Å². The molecular formula is C14H13F3O4. The minimum Gasteiger partial charge on any atom is -0.469 e. The van der Waals surface area contributed by atoms with Crippen LogP contribution in [0, 0.1) is 0 Å². The Morgan fingerprint density at radius 1 is 1.10 bits per heavy atom. The van der Waals surface area contributed by atoms with Gasteiger partial charge in [-0.15, -0.1) is 0 Å². The van der Waals surface area contributed by atoms with Gasteiger partial charge in [-0.05, 0) is 23.8 Å². The van der Waals surface area contributed by atoms with Crippen LogP contribution >= 0.6 is 0 Å². The Balaban J connectivity index is 3.04. The van der Waals surface area contributed by atoms with E-state index in [0.717, 1.165) is 26.4 Å². The summed E-state index contributed by atoms with van der Waals surface area (Å²) in [5.41, 5.74) is -0.469. The first-order valence-electron chi connectivity index (χ1n) is 5.81. The Morgan fingerprint density at radius 3 is 2.10 bits per heavy atom. The molecule has 0 aliphatic heterocycles. The highest BCUT2D eigenvalue weighted by Gasteiger charge is 2.29. The maximum atomic E-state index is 12.4. The first-order chi connectivity index (χ1) is 9.77. The van der Waals surface area contributed by atoms with E-state index in [-0.39, 0.29) is 12.0 Å². The summed E-state index contributed by atoms with van der Waals surface area (Å²) in [6.45, 7) is 0. The average Bonchev–Trinajstić information content (AvgIpc) is 2.45. The Kier molecular flexibility index (Phi) is 5.52. The molecule has 0 spiro atoms. The van der Waals surface area contributed by atoms with Crippen LogP contribution in [0.3, 0.4) is 0 Å². The van der Waals surface area contributed by atoms with Gasteiger partial charge in [0, 0.05) is 5.57 Å². The molecule has 0 bridgehead atoms. The minimum absolute atomic E-state index is 0.0101. The van der Waals surface area contributed by atoms with E-state index in [1.54, 1.807) is 0 Å². The van der Waals surface area contributed by atoms with Crippen molar-refractivity contribution in [1.82, 2.24) is 0 Å².